The van der Waals surface area contributed by atoms with Crippen molar-refractivity contribution in [3.8, 4) is 0 Å². The largest absolute Gasteiger partial charge is 0.481 e. The van der Waals surface area contributed by atoms with Crippen molar-refractivity contribution in [2.45, 2.75) is 12.8 Å². The molecule has 8 nitrogen and oxygen atoms in total. The first-order valence-electron chi connectivity index (χ1n) is 5.27. The summed E-state index contributed by atoms with van der Waals surface area (Å²) in [4.78, 5) is 20.1. The number of nitrogens with one attached hydrogen (secondary N) is 1. The lowest BCUT2D eigenvalue weighted by molar-refractivity contribution is -0.384. The van der Waals surface area contributed by atoms with E-state index in [-0.39, 0.29) is 30.0 Å². The number of carboxylic acid groups (broad SMARTS) is 1. The number of carboxylic acids is 1. The van der Waals surface area contributed by atoms with E-state index in [2.05, 4.69) is 4.72 Å². The van der Waals surface area contributed by atoms with Crippen LogP contribution in [0, 0.1) is 10.1 Å². The van der Waals surface area contributed by atoms with Crippen molar-refractivity contribution in [3.63, 3.8) is 0 Å². The highest BCUT2D eigenvalue weighted by molar-refractivity contribution is 7.92. The van der Waals surface area contributed by atoms with Gasteiger partial charge < -0.3 is 5.11 Å². The highest BCUT2D eigenvalue weighted by Crippen LogP contribution is 2.16. The third-order valence-electron chi connectivity index (χ3n) is 2.16. The zero-order valence-corrected chi connectivity index (χ0v) is 10.6. The Balaban J connectivity index is 2.62. The minimum absolute atomic E-state index is 0.00233. The van der Waals surface area contributed by atoms with E-state index in [9.17, 15) is 23.3 Å². The van der Waals surface area contributed by atoms with Crippen LogP contribution >= 0.6 is 0 Å². The highest BCUT2D eigenvalue weighted by Gasteiger charge is 2.12. The zero-order valence-electron chi connectivity index (χ0n) is 9.77. The van der Waals surface area contributed by atoms with E-state index in [1.807, 2.05) is 0 Å². The zero-order chi connectivity index (χ0) is 14.5. The Morgan fingerprint density at radius 2 is 1.89 bits per heavy atom. The minimum atomic E-state index is -3.65. The van der Waals surface area contributed by atoms with Crippen molar-refractivity contribution in [2.24, 2.45) is 0 Å². The topological polar surface area (TPSA) is 127 Å². The summed E-state index contributed by atoms with van der Waals surface area (Å²) in [7, 11) is -3.65. The first-order chi connectivity index (χ1) is 8.80. The molecule has 0 bridgehead atoms. The Labute approximate surface area is 109 Å². The summed E-state index contributed by atoms with van der Waals surface area (Å²) in [6.45, 7) is 0. The fourth-order valence-corrected chi connectivity index (χ4v) is 2.42. The normalized spacial score (nSPS) is 10.9. The van der Waals surface area contributed by atoms with Gasteiger partial charge in [-0.1, -0.05) is 0 Å². The van der Waals surface area contributed by atoms with E-state index in [0.717, 1.165) is 0 Å². The van der Waals surface area contributed by atoms with Gasteiger partial charge in [-0.25, -0.2) is 8.42 Å². The van der Waals surface area contributed by atoms with E-state index in [0.29, 0.717) is 0 Å². The average molecular weight is 288 g/mol. The van der Waals surface area contributed by atoms with Crippen LogP contribution in [0.3, 0.4) is 0 Å². The maximum atomic E-state index is 11.6. The Morgan fingerprint density at radius 1 is 1.32 bits per heavy atom. The van der Waals surface area contributed by atoms with Gasteiger partial charge in [-0.3, -0.25) is 19.6 Å². The van der Waals surface area contributed by atoms with Crippen LogP contribution in [-0.2, 0) is 14.8 Å². The van der Waals surface area contributed by atoms with Crippen LogP contribution in [0.1, 0.15) is 12.8 Å². The Bertz CT molecular complexity index is 566. The monoisotopic (exact) mass is 288 g/mol. The Morgan fingerprint density at radius 3 is 2.37 bits per heavy atom. The maximum absolute atomic E-state index is 11.6. The molecule has 104 valence electrons. The van der Waals surface area contributed by atoms with Crippen LogP contribution in [0.4, 0.5) is 11.4 Å². The lowest BCUT2D eigenvalue weighted by atomic mass is 10.3. The van der Waals surface area contributed by atoms with Crippen LogP contribution in [0.5, 0.6) is 0 Å². The van der Waals surface area contributed by atoms with E-state index < -0.39 is 20.9 Å². The van der Waals surface area contributed by atoms with Crippen molar-refractivity contribution in [2.75, 3.05) is 10.5 Å². The van der Waals surface area contributed by atoms with E-state index in [1.54, 1.807) is 0 Å². The second-order valence-corrected chi connectivity index (χ2v) is 5.56. The molecule has 0 spiro atoms. The number of non-ortho nitro benzene ring substituents is 1. The highest BCUT2D eigenvalue weighted by atomic mass is 32.2. The molecule has 0 aromatic heterocycles. The molecule has 0 amide bonds. The van der Waals surface area contributed by atoms with Crippen LogP contribution in [-0.4, -0.2) is 30.2 Å². The number of sulfonamides is 1. The molecule has 0 fully saturated rings. The minimum Gasteiger partial charge on any atom is -0.481 e. The van der Waals surface area contributed by atoms with Crippen LogP contribution in [0.25, 0.3) is 0 Å². The molecule has 0 aliphatic rings. The summed E-state index contributed by atoms with van der Waals surface area (Å²) >= 11 is 0. The van der Waals surface area contributed by atoms with E-state index in [1.165, 1.54) is 24.3 Å². The number of benzene rings is 1. The molecule has 0 radical (unpaired) electrons. The van der Waals surface area contributed by atoms with E-state index in [4.69, 9.17) is 5.11 Å². The predicted molar refractivity (Wildman–Crippen MR) is 67.4 cm³/mol. The van der Waals surface area contributed by atoms with Gasteiger partial charge >= 0.3 is 5.97 Å². The van der Waals surface area contributed by atoms with Crippen LogP contribution < -0.4 is 4.72 Å². The summed E-state index contributed by atoms with van der Waals surface area (Å²) in [5, 5.41) is 18.8. The number of nitro groups is 1. The van der Waals surface area contributed by atoms with Gasteiger partial charge in [-0.05, 0) is 18.6 Å². The molecule has 0 aliphatic carbocycles. The van der Waals surface area contributed by atoms with Crippen molar-refractivity contribution in [3.05, 3.63) is 34.4 Å². The molecule has 1 aromatic carbocycles. The number of aliphatic carboxylic acids is 1. The second kappa shape index (κ2) is 6.14. The lowest BCUT2D eigenvalue weighted by Gasteiger charge is -2.06. The molecule has 1 rings (SSSR count). The molecule has 9 heteroatoms. The van der Waals surface area contributed by atoms with Crippen molar-refractivity contribution < 1.29 is 23.2 Å². The van der Waals surface area contributed by atoms with Crippen LogP contribution in [0.15, 0.2) is 24.3 Å². The van der Waals surface area contributed by atoms with Gasteiger partial charge in [0.05, 0.1) is 10.7 Å². The van der Waals surface area contributed by atoms with Crippen LogP contribution in [0.2, 0.25) is 0 Å². The number of hydrogen-bond acceptors (Lipinski definition) is 5. The van der Waals surface area contributed by atoms with Gasteiger partial charge in [0.15, 0.2) is 0 Å². The molecule has 2 N–H and O–H groups in total. The third-order valence-corrected chi connectivity index (χ3v) is 3.53. The average Bonchev–Trinajstić information content (AvgIpc) is 2.28. The van der Waals surface area contributed by atoms with Gasteiger partial charge in [-0.2, -0.15) is 0 Å². The summed E-state index contributed by atoms with van der Waals surface area (Å²) in [6.07, 6.45) is -0.237. The molecule has 19 heavy (non-hydrogen) atoms. The van der Waals surface area contributed by atoms with E-state index >= 15 is 0 Å². The number of rotatable bonds is 7. The summed E-state index contributed by atoms with van der Waals surface area (Å²) in [5.74, 6) is -1.39. The molecule has 0 aliphatic heterocycles. The third kappa shape index (κ3) is 5.34. The fraction of sp³-hybridized carbons (Fsp3) is 0.300. The first-order valence-corrected chi connectivity index (χ1v) is 6.92. The quantitative estimate of drug-likeness (QED) is 0.573. The van der Waals surface area contributed by atoms with Gasteiger partial charge in [-0.15, -0.1) is 0 Å². The molecular weight excluding hydrogens is 276 g/mol. The number of anilines is 1. The smallest absolute Gasteiger partial charge is 0.303 e. The molecule has 0 saturated carbocycles. The fourth-order valence-electron chi connectivity index (χ4n) is 1.30. The molecule has 0 heterocycles. The number of carbonyl (C=O) groups is 1. The molecule has 0 atom stereocenters. The number of nitro benzene ring substituents is 1. The van der Waals surface area contributed by atoms with Gasteiger partial charge in [0.25, 0.3) is 5.69 Å². The number of nitrogens with zero attached hydrogens (tertiary/aromatic N) is 1. The standard InChI is InChI=1S/C10H12N2O6S/c13-10(14)2-1-7-19(17,18)11-8-3-5-9(6-4-8)12(15)16/h3-6,11H,1-2,7H2,(H,13,14). The second-order valence-electron chi connectivity index (χ2n) is 3.72. The van der Waals surface area contributed by atoms with Crippen molar-refractivity contribution in [1.82, 2.24) is 0 Å². The number of hydrogen-bond donors (Lipinski definition) is 2. The summed E-state index contributed by atoms with van der Waals surface area (Å²) in [6, 6.07) is 4.89. The van der Waals surface area contributed by atoms with Gasteiger partial charge in [0, 0.05) is 24.2 Å². The van der Waals surface area contributed by atoms with Gasteiger partial charge in [0.1, 0.15) is 0 Å². The van der Waals surface area contributed by atoms with Gasteiger partial charge in [0.2, 0.25) is 10.0 Å². The van der Waals surface area contributed by atoms with Crippen molar-refractivity contribution in [1.29, 1.82) is 0 Å². The first kappa shape index (κ1) is 14.9. The predicted octanol–water partition coefficient (Wildman–Crippen LogP) is 1.20. The molecule has 0 unspecified atom stereocenters. The Kier molecular flexibility index (Phi) is 4.81. The molecule has 0 saturated heterocycles. The van der Waals surface area contributed by atoms with Crippen molar-refractivity contribution >= 4 is 27.4 Å². The lowest BCUT2D eigenvalue weighted by Crippen LogP contribution is -2.17. The maximum Gasteiger partial charge on any atom is 0.303 e. The molecule has 1 aromatic rings. The Hall–Kier alpha value is -2.16. The summed E-state index contributed by atoms with van der Waals surface area (Å²) < 4.78 is 25.3. The summed E-state index contributed by atoms with van der Waals surface area (Å²) in [5.41, 5.74) is 0.0507. The molecular formula is C10H12N2O6S. The SMILES string of the molecule is O=C(O)CCCS(=O)(=O)Nc1ccc([N+](=O)[O-])cc1.